The average Bonchev–Trinajstić information content (AvgIpc) is 3.05. The molecule has 1 amide bonds. The van der Waals surface area contributed by atoms with E-state index in [9.17, 15) is 10.0 Å². The van der Waals surface area contributed by atoms with Crippen LogP contribution in [-0.2, 0) is 17.9 Å². The van der Waals surface area contributed by atoms with Gasteiger partial charge >= 0.3 is 0 Å². The number of benzene rings is 1. The van der Waals surface area contributed by atoms with E-state index in [2.05, 4.69) is 9.88 Å². The summed E-state index contributed by atoms with van der Waals surface area (Å²) >= 11 is 0. The van der Waals surface area contributed by atoms with Gasteiger partial charge in [-0.25, -0.2) is 4.98 Å². The Morgan fingerprint density at radius 2 is 2.04 bits per heavy atom. The number of carbonyl (C=O) groups is 1. The third kappa shape index (κ3) is 3.05. The molecule has 28 heavy (non-hydrogen) atoms. The quantitative estimate of drug-likeness (QED) is 0.818. The first kappa shape index (κ1) is 17.9. The minimum absolute atomic E-state index is 0.136. The Bertz CT molecular complexity index is 893. The van der Waals surface area contributed by atoms with Crippen LogP contribution in [0, 0.1) is 11.1 Å². The smallest absolute Gasteiger partial charge is 0.242 e. The Balaban J connectivity index is 1.37. The maximum absolute atomic E-state index is 12.9. The lowest BCUT2D eigenvalue weighted by atomic mass is 9.83. The van der Waals surface area contributed by atoms with Crippen molar-refractivity contribution in [1.82, 2.24) is 19.4 Å². The average molecular weight is 384 g/mol. The van der Waals surface area contributed by atoms with E-state index < -0.39 is 0 Å². The molecule has 8 nitrogen and oxygen atoms in total. The number of amides is 1. The molecule has 3 aliphatic heterocycles. The summed E-state index contributed by atoms with van der Waals surface area (Å²) in [6.45, 7) is 4.00. The largest absolute Gasteiger partial charge is 0.733 e. The predicted octanol–water partition coefficient (Wildman–Crippen LogP) is 2.34. The van der Waals surface area contributed by atoms with Gasteiger partial charge in [-0.3, -0.25) is 10.0 Å². The van der Waals surface area contributed by atoms with Gasteiger partial charge in [0.25, 0.3) is 0 Å². The molecule has 3 aliphatic rings. The second-order valence-corrected chi connectivity index (χ2v) is 8.34. The van der Waals surface area contributed by atoms with Crippen molar-refractivity contribution in [3.05, 3.63) is 29.2 Å². The van der Waals surface area contributed by atoms with Crippen molar-refractivity contribution in [3.63, 3.8) is 0 Å². The third-order valence-corrected chi connectivity index (χ3v) is 6.69. The number of aromatic nitrogens is 2. The number of nitrogens with zero attached hydrogens (tertiary/aromatic N) is 5. The van der Waals surface area contributed by atoms with E-state index in [1.165, 1.54) is 45.2 Å². The summed E-state index contributed by atoms with van der Waals surface area (Å²) in [5, 5.41) is 20.1. The van der Waals surface area contributed by atoms with Crippen molar-refractivity contribution >= 4 is 22.6 Å². The van der Waals surface area contributed by atoms with Gasteiger partial charge in [-0.15, -0.1) is 0 Å². The second kappa shape index (κ2) is 7.02. The fraction of sp³-hybridized carbons (Fsp3) is 0.600. The lowest BCUT2D eigenvalue weighted by Gasteiger charge is -2.46. The summed E-state index contributed by atoms with van der Waals surface area (Å²) in [7, 11) is 0. The molecule has 150 valence electrons. The molecule has 0 spiro atoms. The van der Waals surface area contributed by atoms with E-state index in [-0.39, 0.29) is 23.4 Å². The Hall–Kier alpha value is -2.16. The maximum atomic E-state index is 12.9. The number of rotatable bonds is 3. The number of hydrogen-bond donors (Lipinski definition) is 1. The van der Waals surface area contributed by atoms with Gasteiger partial charge in [0.1, 0.15) is 12.4 Å². The molecule has 2 fully saturated rings. The van der Waals surface area contributed by atoms with E-state index in [4.69, 9.17) is 5.21 Å². The monoisotopic (exact) mass is 384 g/mol. The summed E-state index contributed by atoms with van der Waals surface area (Å²) in [5.74, 6) is 1.53. The molecular weight excluding hydrogens is 358 g/mol. The zero-order chi connectivity index (χ0) is 19.3. The molecule has 8 heteroatoms. The van der Waals surface area contributed by atoms with E-state index in [1.807, 2.05) is 9.47 Å². The van der Waals surface area contributed by atoms with Crippen LogP contribution in [0.2, 0.25) is 0 Å². The Morgan fingerprint density at radius 3 is 2.89 bits per heavy atom. The summed E-state index contributed by atoms with van der Waals surface area (Å²) in [5.41, 5.74) is 1.60. The van der Waals surface area contributed by atoms with Gasteiger partial charge in [0, 0.05) is 12.6 Å². The van der Waals surface area contributed by atoms with Crippen molar-refractivity contribution in [2.75, 3.05) is 24.9 Å². The molecule has 2 aromatic rings. The lowest BCUT2D eigenvalue weighted by molar-refractivity contribution is -0.135. The van der Waals surface area contributed by atoms with Crippen LogP contribution in [0.15, 0.2) is 18.2 Å². The number of carbonyl (C=O) groups excluding carboxylic acids is 1. The van der Waals surface area contributed by atoms with E-state index >= 15 is 0 Å². The first-order valence-corrected chi connectivity index (χ1v) is 10.3. The van der Waals surface area contributed by atoms with Crippen LogP contribution < -0.4 is 5.23 Å². The molecular formula is C20H26N5O3-. The molecule has 0 aliphatic carbocycles. The van der Waals surface area contributed by atoms with Crippen LogP contribution in [0.4, 0.5) is 5.69 Å². The highest BCUT2D eigenvalue weighted by atomic mass is 16.8. The number of fused-ring (bicyclic) bond motifs is 4. The number of hydrogen-bond acceptors (Lipinski definition) is 6. The van der Waals surface area contributed by atoms with Crippen LogP contribution in [0.3, 0.4) is 0 Å². The number of piperidine rings is 2. The number of imidazole rings is 1. The summed E-state index contributed by atoms with van der Waals surface area (Å²) < 4.78 is 1.93. The van der Waals surface area contributed by atoms with Crippen LogP contribution in [0.5, 0.6) is 0 Å². The number of anilines is 1. The van der Waals surface area contributed by atoms with Crippen molar-refractivity contribution in [3.8, 4) is 0 Å². The molecule has 2 saturated heterocycles. The highest BCUT2D eigenvalue weighted by Gasteiger charge is 2.36. The Labute approximate surface area is 163 Å². The molecule has 1 aromatic heterocycles. The molecule has 1 N–H and O–H groups in total. The van der Waals surface area contributed by atoms with Crippen LogP contribution >= 0.6 is 0 Å². The van der Waals surface area contributed by atoms with Crippen molar-refractivity contribution in [2.45, 2.75) is 51.2 Å². The van der Waals surface area contributed by atoms with Gasteiger partial charge in [-0.05, 0) is 62.9 Å². The van der Waals surface area contributed by atoms with Gasteiger partial charge < -0.3 is 24.8 Å². The van der Waals surface area contributed by atoms with Crippen molar-refractivity contribution < 1.29 is 10.0 Å². The summed E-state index contributed by atoms with van der Waals surface area (Å²) in [4.78, 5) is 22.1. The van der Waals surface area contributed by atoms with E-state index in [1.54, 1.807) is 18.2 Å². The van der Waals surface area contributed by atoms with Gasteiger partial charge in [0.15, 0.2) is 0 Å². The van der Waals surface area contributed by atoms with E-state index in [0.717, 1.165) is 17.9 Å². The van der Waals surface area contributed by atoms with Gasteiger partial charge in [-0.1, -0.05) is 6.42 Å². The van der Waals surface area contributed by atoms with Gasteiger partial charge in [0.05, 0.1) is 23.3 Å². The van der Waals surface area contributed by atoms with Crippen LogP contribution in [-0.4, -0.2) is 56.1 Å². The van der Waals surface area contributed by atoms with E-state index in [0.29, 0.717) is 24.0 Å². The molecule has 2 unspecified atom stereocenters. The molecule has 0 bridgehead atoms. The first-order valence-electron chi connectivity index (χ1n) is 10.3. The standard InChI is InChI=1S/C20H26N5O3/c26-20-13-24-18-7-6-15(25(27)28)10-16(18)21-19(24)12-23(20)11-14-4-3-9-22-8-2-1-5-17(14)22/h6-7,10,14,17,27H,1-5,8-9,11-13H2/q-1. The van der Waals surface area contributed by atoms with Gasteiger partial charge in [0.2, 0.25) is 5.91 Å². The van der Waals surface area contributed by atoms with Crippen LogP contribution in [0.25, 0.3) is 11.0 Å². The predicted molar refractivity (Wildman–Crippen MR) is 105 cm³/mol. The molecule has 2 atom stereocenters. The normalized spacial score (nSPS) is 25.6. The minimum Gasteiger partial charge on any atom is -0.733 e. The maximum Gasteiger partial charge on any atom is 0.242 e. The molecule has 4 heterocycles. The Morgan fingerprint density at radius 1 is 1.18 bits per heavy atom. The molecule has 5 rings (SSSR count). The second-order valence-electron chi connectivity index (χ2n) is 8.34. The topological polar surface area (TPSA) is 87.9 Å². The highest BCUT2D eigenvalue weighted by molar-refractivity contribution is 5.84. The van der Waals surface area contributed by atoms with Crippen LogP contribution in [0.1, 0.15) is 37.9 Å². The summed E-state index contributed by atoms with van der Waals surface area (Å²) in [6, 6.07) is 5.46. The lowest BCUT2D eigenvalue weighted by Crippen LogP contribution is -2.52. The highest BCUT2D eigenvalue weighted by Crippen LogP contribution is 2.33. The third-order valence-electron chi connectivity index (χ3n) is 6.69. The minimum atomic E-state index is -0.159. The molecule has 1 aromatic carbocycles. The zero-order valence-electron chi connectivity index (χ0n) is 16.0. The zero-order valence-corrected chi connectivity index (χ0v) is 16.0. The Kier molecular flexibility index (Phi) is 4.49. The fourth-order valence-corrected chi connectivity index (χ4v) is 5.32. The van der Waals surface area contributed by atoms with Crippen molar-refractivity contribution in [1.29, 1.82) is 0 Å². The van der Waals surface area contributed by atoms with Crippen molar-refractivity contribution in [2.24, 2.45) is 5.92 Å². The molecule has 0 radical (unpaired) electrons. The fourth-order valence-electron chi connectivity index (χ4n) is 5.32. The first-order chi connectivity index (χ1) is 13.6. The molecule has 0 saturated carbocycles. The van der Waals surface area contributed by atoms with Gasteiger partial charge in [-0.2, -0.15) is 0 Å². The summed E-state index contributed by atoms with van der Waals surface area (Å²) in [6.07, 6.45) is 6.26. The SMILES string of the molecule is O=C1Cn2c(nc3cc(N([O-])O)ccc32)CN1CC1CCCN2CCCCC12.